The number of unbranched alkanes of at least 4 members (excludes halogenated alkanes) is 1. The molecule has 1 saturated heterocycles. The van der Waals surface area contributed by atoms with Gasteiger partial charge in [0, 0.05) is 12.6 Å². The van der Waals surface area contributed by atoms with E-state index >= 15 is 0 Å². The zero-order chi connectivity index (χ0) is 18.6. The number of pyridine rings is 1. The molecule has 2 aliphatic heterocycles. The fraction of sp³-hybridized carbons (Fsp3) is 0.381. The minimum absolute atomic E-state index is 0.0275. The molecule has 0 saturated carbocycles. The lowest BCUT2D eigenvalue weighted by molar-refractivity contribution is -0.118. The fourth-order valence-corrected chi connectivity index (χ4v) is 3.82. The van der Waals surface area contributed by atoms with Crippen molar-refractivity contribution in [2.75, 3.05) is 29.9 Å². The molecule has 0 unspecified atom stereocenters. The number of nitrogens with zero attached hydrogens (tertiary/aromatic N) is 3. The molecule has 1 fully saturated rings. The lowest BCUT2D eigenvalue weighted by atomic mass is 10.1. The molecular formula is C21H24N4O2. The van der Waals surface area contributed by atoms with Crippen molar-refractivity contribution in [2.24, 2.45) is 0 Å². The van der Waals surface area contributed by atoms with Crippen molar-refractivity contribution in [1.82, 2.24) is 9.88 Å². The van der Waals surface area contributed by atoms with E-state index in [0.29, 0.717) is 29.2 Å². The van der Waals surface area contributed by atoms with Gasteiger partial charge in [0.25, 0.3) is 5.91 Å². The summed E-state index contributed by atoms with van der Waals surface area (Å²) in [6.07, 6.45) is 6.49. The van der Waals surface area contributed by atoms with E-state index in [1.807, 2.05) is 6.07 Å². The van der Waals surface area contributed by atoms with Crippen LogP contribution in [0.2, 0.25) is 0 Å². The first-order valence-corrected chi connectivity index (χ1v) is 9.65. The summed E-state index contributed by atoms with van der Waals surface area (Å²) in [5.41, 5.74) is 1.64. The highest BCUT2D eigenvalue weighted by Crippen LogP contribution is 2.36. The molecule has 0 radical (unpaired) electrons. The van der Waals surface area contributed by atoms with Crippen LogP contribution in [0.5, 0.6) is 0 Å². The van der Waals surface area contributed by atoms with Crippen LogP contribution >= 0.6 is 0 Å². The van der Waals surface area contributed by atoms with Gasteiger partial charge in [-0.15, -0.1) is 0 Å². The summed E-state index contributed by atoms with van der Waals surface area (Å²) >= 11 is 0. The number of carbonyl (C=O) groups is 2. The summed E-state index contributed by atoms with van der Waals surface area (Å²) < 4.78 is 0. The van der Waals surface area contributed by atoms with Gasteiger partial charge in [0.2, 0.25) is 5.91 Å². The van der Waals surface area contributed by atoms with E-state index in [0.717, 1.165) is 19.4 Å². The summed E-state index contributed by atoms with van der Waals surface area (Å²) in [4.78, 5) is 34.1. The van der Waals surface area contributed by atoms with Crippen molar-refractivity contribution in [1.29, 1.82) is 0 Å². The Hall–Kier alpha value is -2.73. The van der Waals surface area contributed by atoms with Crippen LogP contribution < -0.4 is 10.2 Å². The van der Waals surface area contributed by atoms with Crippen molar-refractivity contribution in [3.63, 3.8) is 0 Å². The van der Waals surface area contributed by atoms with Crippen LogP contribution in [-0.4, -0.2) is 41.3 Å². The minimum Gasteiger partial charge on any atom is -0.319 e. The molecule has 1 aromatic carbocycles. The fourth-order valence-electron chi connectivity index (χ4n) is 3.82. The standard InChI is InChI=1S/C21H24N4O2/c26-19(11-3-4-13-24-14-5-6-15-24)25-18-10-2-1-8-16(18)21(27)23-17-9-7-12-22-20(17)25/h1-2,7-10,12H,3-6,11,13-15H2,(H,23,27). The molecule has 0 aliphatic carbocycles. The molecule has 2 amide bonds. The van der Waals surface area contributed by atoms with Gasteiger partial charge in [0.05, 0.1) is 16.9 Å². The van der Waals surface area contributed by atoms with Gasteiger partial charge in [-0.2, -0.15) is 0 Å². The number of carbonyl (C=O) groups excluding carboxylic acids is 2. The van der Waals surface area contributed by atoms with Gasteiger partial charge < -0.3 is 10.2 Å². The summed E-state index contributed by atoms with van der Waals surface area (Å²) in [6, 6.07) is 10.7. The van der Waals surface area contributed by atoms with Gasteiger partial charge in [-0.1, -0.05) is 12.1 Å². The van der Waals surface area contributed by atoms with Crippen LogP contribution in [0.25, 0.3) is 0 Å². The van der Waals surface area contributed by atoms with Gasteiger partial charge >= 0.3 is 0 Å². The second-order valence-electron chi connectivity index (χ2n) is 7.08. The Kier molecular flexibility index (Phi) is 5.16. The Morgan fingerprint density at radius 3 is 2.74 bits per heavy atom. The molecule has 2 aliphatic rings. The number of aromatic nitrogens is 1. The second kappa shape index (κ2) is 7.88. The highest BCUT2D eigenvalue weighted by Gasteiger charge is 2.29. The maximum Gasteiger partial charge on any atom is 0.257 e. The van der Waals surface area contributed by atoms with Crippen LogP contribution in [-0.2, 0) is 4.79 Å². The van der Waals surface area contributed by atoms with E-state index in [1.165, 1.54) is 25.9 Å². The number of amides is 2. The van der Waals surface area contributed by atoms with E-state index < -0.39 is 0 Å². The van der Waals surface area contributed by atoms with E-state index in [2.05, 4.69) is 15.2 Å². The predicted octanol–water partition coefficient (Wildman–Crippen LogP) is 3.58. The number of para-hydroxylation sites is 1. The van der Waals surface area contributed by atoms with Crippen LogP contribution in [0, 0.1) is 0 Å². The Morgan fingerprint density at radius 1 is 1.07 bits per heavy atom. The number of rotatable bonds is 5. The molecule has 2 aromatic rings. The van der Waals surface area contributed by atoms with Crippen molar-refractivity contribution in [3.05, 3.63) is 48.2 Å². The summed E-state index contributed by atoms with van der Waals surface area (Å²) in [6.45, 7) is 3.41. The first-order valence-electron chi connectivity index (χ1n) is 9.65. The van der Waals surface area contributed by atoms with Gasteiger partial charge in [0.15, 0.2) is 5.82 Å². The Labute approximate surface area is 159 Å². The van der Waals surface area contributed by atoms with E-state index in [-0.39, 0.29) is 11.8 Å². The molecular weight excluding hydrogens is 340 g/mol. The van der Waals surface area contributed by atoms with Crippen LogP contribution in [0.1, 0.15) is 42.5 Å². The maximum atomic E-state index is 13.1. The van der Waals surface area contributed by atoms with Crippen LogP contribution in [0.4, 0.5) is 17.2 Å². The van der Waals surface area contributed by atoms with E-state index in [1.54, 1.807) is 41.4 Å². The van der Waals surface area contributed by atoms with Gasteiger partial charge in [-0.25, -0.2) is 4.98 Å². The lowest BCUT2D eigenvalue weighted by Crippen LogP contribution is -2.27. The first kappa shape index (κ1) is 17.7. The molecule has 6 heteroatoms. The van der Waals surface area contributed by atoms with Crippen molar-refractivity contribution < 1.29 is 9.59 Å². The minimum atomic E-state index is -0.218. The van der Waals surface area contributed by atoms with Crippen LogP contribution in [0.3, 0.4) is 0 Å². The summed E-state index contributed by atoms with van der Waals surface area (Å²) in [5, 5.41) is 2.87. The molecule has 4 rings (SSSR count). The number of likely N-dealkylation sites (tertiary alicyclic amines) is 1. The predicted molar refractivity (Wildman–Crippen MR) is 105 cm³/mol. The summed E-state index contributed by atoms with van der Waals surface area (Å²) in [7, 11) is 0. The largest absolute Gasteiger partial charge is 0.319 e. The first-order chi connectivity index (χ1) is 13.2. The molecule has 140 valence electrons. The lowest BCUT2D eigenvalue weighted by Gasteiger charge is -2.23. The highest BCUT2D eigenvalue weighted by atomic mass is 16.2. The average molecular weight is 364 g/mol. The molecule has 1 N–H and O–H groups in total. The number of fused-ring (bicyclic) bond motifs is 2. The number of benzene rings is 1. The maximum absolute atomic E-state index is 13.1. The third-order valence-corrected chi connectivity index (χ3v) is 5.20. The van der Waals surface area contributed by atoms with Crippen molar-refractivity contribution >= 4 is 29.0 Å². The summed E-state index contributed by atoms with van der Waals surface area (Å²) in [5.74, 6) is 0.241. The highest BCUT2D eigenvalue weighted by molar-refractivity contribution is 6.17. The van der Waals surface area contributed by atoms with Crippen molar-refractivity contribution in [2.45, 2.75) is 32.1 Å². The molecule has 27 heavy (non-hydrogen) atoms. The topological polar surface area (TPSA) is 65.5 Å². The molecule has 6 nitrogen and oxygen atoms in total. The zero-order valence-electron chi connectivity index (χ0n) is 15.4. The SMILES string of the molecule is O=C1Nc2cccnc2N(C(=O)CCCCN2CCCC2)c2ccccc21. The van der Waals surface area contributed by atoms with Gasteiger partial charge in [-0.05, 0) is 69.6 Å². The van der Waals surface area contributed by atoms with E-state index in [4.69, 9.17) is 0 Å². The Bertz CT molecular complexity index is 846. The number of hydrogen-bond acceptors (Lipinski definition) is 4. The zero-order valence-corrected chi connectivity index (χ0v) is 15.4. The second-order valence-corrected chi connectivity index (χ2v) is 7.08. The number of nitrogens with one attached hydrogen (secondary N) is 1. The Morgan fingerprint density at radius 2 is 1.89 bits per heavy atom. The Balaban J connectivity index is 1.54. The molecule has 0 bridgehead atoms. The number of hydrogen-bond donors (Lipinski definition) is 1. The van der Waals surface area contributed by atoms with E-state index in [9.17, 15) is 9.59 Å². The molecule has 0 atom stereocenters. The third kappa shape index (κ3) is 3.71. The van der Waals surface area contributed by atoms with Gasteiger partial charge in [-0.3, -0.25) is 14.5 Å². The third-order valence-electron chi connectivity index (χ3n) is 5.20. The quantitative estimate of drug-likeness (QED) is 0.824. The normalized spacial score (nSPS) is 16.4. The average Bonchev–Trinajstić information content (AvgIpc) is 3.16. The van der Waals surface area contributed by atoms with Crippen molar-refractivity contribution in [3.8, 4) is 0 Å². The van der Waals surface area contributed by atoms with Crippen LogP contribution in [0.15, 0.2) is 42.6 Å². The molecule has 3 heterocycles. The molecule has 0 spiro atoms. The smallest absolute Gasteiger partial charge is 0.257 e. The number of anilines is 3. The monoisotopic (exact) mass is 364 g/mol. The molecule has 1 aromatic heterocycles. The van der Waals surface area contributed by atoms with Gasteiger partial charge in [0.1, 0.15) is 0 Å².